The standard InChI is InChI=1S/C16H22N2O3S/c1-18(2)16(21)22-13-7-4-6-12(10-13)17-15(20)9-11-5-3-8-14(11)19/h4,6-7,10-11,14,19H,3,5,8-9H2,1-2H3,(H,17,20)/t11-,14+/m0/s1. The molecule has 1 fully saturated rings. The Balaban J connectivity index is 1.92. The van der Waals surface area contributed by atoms with Crippen molar-refractivity contribution in [1.29, 1.82) is 0 Å². The third kappa shape index (κ3) is 4.74. The number of amides is 2. The number of nitrogens with zero attached hydrogens (tertiary/aromatic N) is 1. The lowest BCUT2D eigenvalue weighted by molar-refractivity contribution is -0.117. The molecule has 1 aromatic rings. The number of aliphatic hydroxyl groups is 1. The van der Waals surface area contributed by atoms with Crippen LogP contribution in [0.2, 0.25) is 0 Å². The Labute approximate surface area is 135 Å². The first kappa shape index (κ1) is 16.8. The Morgan fingerprint density at radius 3 is 2.77 bits per heavy atom. The molecule has 2 rings (SSSR count). The van der Waals surface area contributed by atoms with Gasteiger partial charge in [-0.15, -0.1) is 0 Å². The molecule has 0 unspecified atom stereocenters. The van der Waals surface area contributed by atoms with E-state index in [2.05, 4.69) is 5.32 Å². The van der Waals surface area contributed by atoms with Crippen molar-refractivity contribution in [1.82, 2.24) is 4.90 Å². The number of aliphatic hydroxyl groups excluding tert-OH is 1. The number of hydrogen-bond acceptors (Lipinski definition) is 4. The third-order valence-electron chi connectivity index (χ3n) is 3.75. The first-order valence-electron chi connectivity index (χ1n) is 7.43. The van der Waals surface area contributed by atoms with Crippen molar-refractivity contribution in [2.24, 2.45) is 5.92 Å². The molecule has 2 N–H and O–H groups in total. The lowest BCUT2D eigenvalue weighted by Gasteiger charge is -2.14. The molecule has 6 heteroatoms. The van der Waals surface area contributed by atoms with Crippen LogP contribution in [0.3, 0.4) is 0 Å². The molecular weight excluding hydrogens is 300 g/mol. The molecule has 2 atom stereocenters. The molecule has 0 heterocycles. The second kappa shape index (κ2) is 7.65. The maximum Gasteiger partial charge on any atom is 0.285 e. The first-order valence-corrected chi connectivity index (χ1v) is 8.24. The highest BCUT2D eigenvalue weighted by Crippen LogP contribution is 2.29. The van der Waals surface area contributed by atoms with Gasteiger partial charge in [-0.05, 0) is 48.7 Å². The van der Waals surface area contributed by atoms with Gasteiger partial charge in [0.1, 0.15) is 0 Å². The molecule has 0 saturated heterocycles. The zero-order valence-electron chi connectivity index (χ0n) is 12.9. The Hall–Kier alpha value is -1.53. The van der Waals surface area contributed by atoms with Crippen LogP contribution in [-0.4, -0.2) is 41.4 Å². The van der Waals surface area contributed by atoms with Gasteiger partial charge in [-0.25, -0.2) is 0 Å². The fourth-order valence-corrected chi connectivity index (χ4v) is 3.25. The van der Waals surface area contributed by atoms with E-state index in [1.165, 1.54) is 4.90 Å². The fraction of sp³-hybridized carbons (Fsp3) is 0.500. The smallest absolute Gasteiger partial charge is 0.285 e. The molecule has 0 bridgehead atoms. The van der Waals surface area contributed by atoms with Crippen LogP contribution >= 0.6 is 11.8 Å². The van der Waals surface area contributed by atoms with Gasteiger partial charge in [-0.1, -0.05) is 12.5 Å². The van der Waals surface area contributed by atoms with E-state index in [-0.39, 0.29) is 23.2 Å². The van der Waals surface area contributed by atoms with E-state index in [9.17, 15) is 14.7 Å². The summed E-state index contributed by atoms with van der Waals surface area (Å²) in [6.07, 6.45) is 2.66. The minimum Gasteiger partial charge on any atom is -0.393 e. The minimum atomic E-state index is -0.356. The quantitative estimate of drug-likeness (QED) is 0.836. The maximum atomic E-state index is 12.1. The van der Waals surface area contributed by atoms with Crippen molar-refractivity contribution in [3.8, 4) is 0 Å². The second-order valence-corrected chi connectivity index (χ2v) is 6.83. The van der Waals surface area contributed by atoms with Gasteiger partial charge in [0.15, 0.2) is 0 Å². The molecule has 5 nitrogen and oxygen atoms in total. The van der Waals surface area contributed by atoms with Gasteiger partial charge < -0.3 is 15.3 Å². The van der Waals surface area contributed by atoms with Crippen LogP contribution in [0.25, 0.3) is 0 Å². The number of hydrogen-bond donors (Lipinski definition) is 2. The summed E-state index contributed by atoms with van der Waals surface area (Å²) < 4.78 is 0. The molecular formula is C16H22N2O3S. The third-order valence-corrected chi connectivity index (χ3v) is 4.78. The highest BCUT2D eigenvalue weighted by atomic mass is 32.2. The number of benzene rings is 1. The van der Waals surface area contributed by atoms with Crippen molar-refractivity contribution in [3.63, 3.8) is 0 Å². The van der Waals surface area contributed by atoms with Crippen molar-refractivity contribution in [2.45, 2.75) is 36.7 Å². The summed E-state index contributed by atoms with van der Waals surface area (Å²) in [7, 11) is 3.40. The summed E-state index contributed by atoms with van der Waals surface area (Å²) >= 11 is 1.12. The van der Waals surface area contributed by atoms with E-state index in [0.29, 0.717) is 12.1 Å². The number of thioether (sulfide) groups is 1. The summed E-state index contributed by atoms with van der Waals surface area (Å²) in [4.78, 5) is 26.0. The van der Waals surface area contributed by atoms with Crippen molar-refractivity contribution >= 4 is 28.6 Å². The summed E-state index contributed by atoms with van der Waals surface area (Å²) in [6.45, 7) is 0. The number of rotatable bonds is 4. The lowest BCUT2D eigenvalue weighted by Crippen LogP contribution is -2.21. The Bertz CT molecular complexity index is 548. The van der Waals surface area contributed by atoms with E-state index >= 15 is 0 Å². The number of anilines is 1. The topological polar surface area (TPSA) is 69.6 Å². The van der Waals surface area contributed by atoms with E-state index in [4.69, 9.17) is 0 Å². The SMILES string of the molecule is CN(C)C(=O)Sc1cccc(NC(=O)C[C@@H]2CCC[C@H]2O)c1. The van der Waals surface area contributed by atoms with Crippen LogP contribution in [-0.2, 0) is 4.79 Å². The number of carbonyl (C=O) groups is 2. The van der Waals surface area contributed by atoms with Crippen LogP contribution in [0.4, 0.5) is 10.5 Å². The van der Waals surface area contributed by atoms with Gasteiger partial charge in [0.05, 0.1) is 6.10 Å². The highest BCUT2D eigenvalue weighted by Gasteiger charge is 2.27. The molecule has 2 amide bonds. The van der Waals surface area contributed by atoms with Gasteiger partial charge in [-0.2, -0.15) is 0 Å². The largest absolute Gasteiger partial charge is 0.393 e. The van der Waals surface area contributed by atoms with Gasteiger partial charge >= 0.3 is 0 Å². The second-order valence-electron chi connectivity index (χ2n) is 5.80. The van der Waals surface area contributed by atoms with Gasteiger partial charge in [0, 0.05) is 31.1 Å². The minimum absolute atomic E-state index is 0.0578. The van der Waals surface area contributed by atoms with E-state index < -0.39 is 0 Å². The molecule has 22 heavy (non-hydrogen) atoms. The van der Waals surface area contributed by atoms with Crippen LogP contribution in [0.5, 0.6) is 0 Å². The van der Waals surface area contributed by atoms with E-state index in [1.54, 1.807) is 26.2 Å². The van der Waals surface area contributed by atoms with Crippen molar-refractivity contribution < 1.29 is 14.7 Å². The Morgan fingerprint density at radius 1 is 1.36 bits per heavy atom. The van der Waals surface area contributed by atoms with Crippen LogP contribution < -0.4 is 5.32 Å². The maximum absolute atomic E-state index is 12.1. The van der Waals surface area contributed by atoms with Crippen LogP contribution in [0.15, 0.2) is 29.2 Å². The summed E-state index contributed by atoms with van der Waals surface area (Å²) in [5.74, 6) is -0.0279. The summed E-state index contributed by atoms with van der Waals surface area (Å²) in [5.41, 5.74) is 0.675. The molecule has 1 aliphatic rings. The Morgan fingerprint density at radius 2 is 2.14 bits per heavy atom. The molecule has 0 aromatic heterocycles. The predicted molar refractivity (Wildman–Crippen MR) is 88.0 cm³/mol. The number of nitrogens with one attached hydrogen (secondary N) is 1. The van der Waals surface area contributed by atoms with E-state index in [1.807, 2.05) is 12.1 Å². The first-order chi connectivity index (χ1) is 10.5. The predicted octanol–water partition coefficient (Wildman–Crippen LogP) is 2.95. The zero-order chi connectivity index (χ0) is 16.1. The molecule has 0 radical (unpaired) electrons. The molecule has 120 valence electrons. The lowest BCUT2D eigenvalue weighted by atomic mass is 10.0. The Kier molecular flexibility index (Phi) is 5.85. The van der Waals surface area contributed by atoms with Gasteiger partial charge in [-0.3, -0.25) is 9.59 Å². The van der Waals surface area contributed by atoms with Crippen LogP contribution in [0.1, 0.15) is 25.7 Å². The summed E-state index contributed by atoms with van der Waals surface area (Å²) in [5, 5.41) is 12.6. The van der Waals surface area contributed by atoms with Crippen LogP contribution in [0, 0.1) is 5.92 Å². The van der Waals surface area contributed by atoms with Crippen molar-refractivity contribution in [3.05, 3.63) is 24.3 Å². The average molecular weight is 322 g/mol. The normalized spacial score (nSPS) is 20.7. The number of carbonyl (C=O) groups excluding carboxylic acids is 2. The zero-order valence-corrected chi connectivity index (χ0v) is 13.7. The van der Waals surface area contributed by atoms with Crippen molar-refractivity contribution in [2.75, 3.05) is 19.4 Å². The fourth-order valence-electron chi connectivity index (χ4n) is 2.53. The molecule has 1 saturated carbocycles. The average Bonchev–Trinajstić information content (AvgIpc) is 2.84. The molecule has 0 spiro atoms. The molecule has 1 aliphatic carbocycles. The highest BCUT2D eigenvalue weighted by molar-refractivity contribution is 8.13. The monoisotopic (exact) mass is 322 g/mol. The van der Waals surface area contributed by atoms with E-state index in [0.717, 1.165) is 35.9 Å². The molecule has 1 aromatic carbocycles. The summed E-state index contributed by atoms with van der Waals surface area (Å²) in [6, 6.07) is 7.23. The van der Waals surface area contributed by atoms with Gasteiger partial charge in [0.2, 0.25) is 5.91 Å². The molecule has 0 aliphatic heterocycles. The van der Waals surface area contributed by atoms with Gasteiger partial charge in [0.25, 0.3) is 5.24 Å².